The standard InChI is InChI=1S/C24H22FN5O4S/c25-17-3-7-19(8-4-17)29-11-13-30(14-12-29)23(31)16-1-5-18(6-2-16)28-35(33,34)20-9-10-21-22(15-20)27-24(32)26-21/h1-10,15,28H,11-14H2,(H2,26,27,32). The van der Waals surface area contributed by atoms with E-state index in [2.05, 4.69) is 19.6 Å². The van der Waals surface area contributed by atoms with Gasteiger partial charge in [-0.3, -0.25) is 9.52 Å². The van der Waals surface area contributed by atoms with Crippen molar-refractivity contribution in [2.45, 2.75) is 4.90 Å². The van der Waals surface area contributed by atoms with Crippen LogP contribution in [0.25, 0.3) is 11.0 Å². The Hall–Kier alpha value is -4.12. The molecule has 180 valence electrons. The van der Waals surface area contributed by atoms with Crippen molar-refractivity contribution in [2.75, 3.05) is 35.8 Å². The van der Waals surface area contributed by atoms with Gasteiger partial charge in [0, 0.05) is 43.1 Å². The molecule has 2 heterocycles. The lowest BCUT2D eigenvalue weighted by molar-refractivity contribution is 0.0747. The van der Waals surface area contributed by atoms with Crippen molar-refractivity contribution in [2.24, 2.45) is 0 Å². The number of aromatic nitrogens is 2. The average Bonchev–Trinajstić information content (AvgIpc) is 3.24. The number of aromatic amines is 2. The minimum Gasteiger partial charge on any atom is -0.368 e. The van der Waals surface area contributed by atoms with E-state index >= 15 is 0 Å². The highest BCUT2D eigenvalue weighted by molar-refractivity contribution is 7.92. The van der Waals surface area contributed by atoms with Crippen LogP contribution in [0.3, 0.4) is 0 Å². The lowest BCUT2D eigenvalue weighted by Crippen LogP contribution is -2.48. The number of amides is 1. The van der Waals surface area contributed by atoms with E-state index in [1.807, 2.05) is 0 Å². The number of sulfonamides is 1. The largest absolute Gasteiger partial charge is 0.368 e. The highest BCUT2D eigenvalue weighted by atomic mass is 32.2. The number of anilines is 2. The number of hydrogen-bond donors (Lipinski definition) is 3. The van der Waals surface area contributed by atoms with Crippen molar-refractivity contribution < 1.29 is 17.6 Å². The maximum absolute atomic E-state index is 13.2. The van der Waals surface area contributed by atoms with Crippen molar-refractivity contribution >= 4 is 38.3 Å². The van der Waals surface area contributed by atoms with E-state index < -0.39 is 15.7 Å². The third-order valence-corrected chi connectivity index (χ3v) is 7.32. The van der Waals surface area contributed by atoms with Gasteiger partial charge in [-0.1, -0.05) is 0 Å². The van der Waals surface area contributed by atoms with Crippen LogP contribution in [0, 0.1) is 5.82 Å². The number of piperazine rings is 1. The van der Waals surface area contributed by atoms with Gasteiger partial charge in [0.25, 0.3) is 15.9 Å². The maximum atomic E-state index is 13.2. The molecule has 0 unspecified atom stereocenters. The van der Waals surface area contributed by atoms with Crippen molar-refractivity contribution in [3.05, 3.63) is 88.6 Å². The van der Waals surface area contributed by atoms with Gasteiger partial charge in [0.2, 0.25) is 0 Å². The average molecular weight is 496 g/mol. The SMILES string of the molecule is O=C(c1ccc(NS(=O)(=O)c2ccc3[nH]c(=O)[nH]c3c2)cc1)N1CCN(c2ccc(F)cc2)CC1. The number of nitrogens with one attached hydrogen (secondary N) is 3. The van der Waals surface area contributed by atoms with Gasteiger partial charge in [-0.25, -0.2) is 17.6 Å². The molecule has 0 bridgehead atoms. The summed E-state index contributed by atoms with van der Waals surface area (Å²) < 4.78 is 41.2. The molecule has 0 atom stereocenters. The lowest BCUT2D eigenvalue weighted by Gasteiger charge is -2.36. The number of hydrogen-bond acceptors (Lipinski definition) is 5. The molecule has 0 saturated carbocycles. The molecule has 5 rings (SSSR count). The minimum atomic E-state index is -3.89. The number of imidazole rings is 1. The lowest BCUT2D eigenvalue weighted by atomic mass is 10.1. The van der Waals surface area contributed by atoms with Crippen LogP contribution in [0.2, 0.25) is 0 Å². The van der Waals surface area contributed by atoms with Gasteiger partial charge >= 0.3 is 5.69 Å². The number of halogens is 1. The van der Waals surface area contributed by atoms with Crippen molar-refractivity contribution in [1.82, 2.24) is 14.9 Å². The molecule has 11 heteroatoms. The predicted octanol–water partition coefficient (Wildman–Crippen LogP) is 2.76. The summed E-state index contributed by atoms with van der Waals surface area (Å²) in [6.07, 6.45) is 0. The highest BCUT2D eigenvalue weighted by Gasteiger charge is 2.23. The summed E-state index contributed by atoms with van der Waals surface area (Å²) in [7, 11) is -3.89. The van der Waals surface area contributed by atoms with Crippen LogP contribution in [0.1, 0.15) is 10.4 Å². The third kappa shape index (κ3) is 4.76. The molecule has 1 aliphatic heterocycles. The van der Waals surface area contributed by atoms with E-state index in [4.69, 9.17) is 0 Å². The Morgan fingerprint density at radius 2 is 1.51 bits per heavy atom. The molecule has 1 aromatic heterocycles. The Morgan fingerprint density at radius 1 is 0.857 bits per heavy atom. The quantitative estimate of drug-likeness (QED) is 0.394. The number of H-pyrrole nitrogens is 2. The third-order valence-electron chi connectivity index (χ3n) is 5.94. The molecule has 4 aromatic rings. The first-order chi connectivity index (χ1) is 16.8. The molecule has 3 N–H and O–H groups in total. The summed E-state index contributed by atoms with van der Waals surface area (Å²) in [6.45, 7) is 2.31. The fourth-order valence-corrected chi connectivity index (χ4v) is 5.16. The normalized spacial score (nSPS) is 14.3. The number of rotatable bonds is 5. The number of carbonyl (C=O) groups excluding carboxylic acids is 1. The molecular formula is C24H22FN5O4S. The van der Waals surface area contributed by atoms with E-state index in [1.165, 1.54) is 42.5 Å². The van der Waals surface area contributed by atoms with Crippen LogP contribution in [0.15, 0.2) is 76.4 Å². The van der Waals surface area contributed by atoms with E-state index in [0.29, 0.717) is 48.5 Å². The molecule has 0 aliphatic carbocycles. The van der Waals surface area contributed by atoms with Crippen LogP contribution >= 0.6 is 0 Å². The van der Waals surface area contributed by atoms with E-state index in [9.17, 15) is 22.4 Å². The van der Waals surface area contributed by atoms with Gasteiger partial charge in [-0.05, 0) is 66.7 Å². The molecule has 1 saturated heterocycles. The molecule has 35 heavy (non-hydrogen) atoms. The molecule has 1 amide bonds. The second-order valence-corrected chi connectivity index (χ2v) is 9.91. The summed E-state index contributed by atoms with van der Waals surface area (Å²) in [4.78, 5) is 33.3. The Bertz CT molecular complexity index is 1540. The fraction of sp³-hybridized carbons (Fsp3) is 0.167. The first-order valence-electron chi connectivity index (χ1n) is 10.9. The van der Waals surface area contributed by atoms with Crippen LogP contribution in [0.4, 0.5) is 15.8 Å². The molecule has 3 aromatic carbocycles. The van der Waals surface area contributed by atoms with Gasteiger partial charge < -0.3 is 19.8 Å². The first-order valence-corrected chi connectivity index (χ1v) is 12.4. The Morgan fingerprint density at radius 3 is 2.20 bits per heavy atom. The van der Waals surface area contributed by atoms with Crippen LogP contribution in [-0.2, 0) is 10.0 Å². The number of nitrogens with zero attached hydrogens (tertiary/aromatic N) is 2. The second kappa shape index (κ2) is 8.91. The van der Waals surface area contributed by atoms with Gasteiger partial charge in [0.15, 0.2) is 0 Å². The first kappa shape index (κ1) is 22.7. The number of benzene rings is 3. The Labute approximate surface area is 200 Å². The highest BCUT2D eigenvalue weighted by Crippen LogP contribution is 2.21. The number of carbonyl (C=O) groups is 1. The predicted molar refractivity (Wildman–Crippen MR) is 131 cm³/mol. The molecule has 1 aliphatic rings. The van der Waals surface area contributed by atoms with Crippen LogP contribution < -0.4 is 15.3 Å². The molecule has 0 radical (unpaired) electrons. The Balaban J connectivity index is 1.23. The van der Waals surface area contributed by atoms with Gasteiger partial charge in [0.05, 0.1) is 15.9 Å². The minimum absolute atomic E-state index is 0.000529. The van der Waals surface area contributed by atoms with Gasteiger partial charge in [-0.15, -0.1) is 0 Å². The van der Waals surface area contributed by atoms with Crippen molar-refractivity contribution in [3.8, 4) is 0 Å². The zero-order chi connectivity index (χ0) is 24.6. The van der Waals surface area contributed by atoms with Gasteiger partial charge in [-0.2, -0.15) is 0 Å². The number of fused-ring (bicyclic) bond motifs is 1. The monoisotopic (exact) mass is 495 g/mol. The van der Waals surface area contributed by atoms with Crippen LogP contribution in [-0.4, -0.2) is 55.4 Å². The summed E-state index contributed by atoms with van der Waals surface area (Å²) in [5.74, 6) is -0.425. The summed E-state index contributed by atoms with van der Waals surface area (Å²) in [5, 5.41) is 0. The molecular weight excluding hydrogens is 473 g/mol. The zero-order valence-corrected chi connectivity index (χ0v) is 19.3. The van der Waals surface area contributed by atoms with Crippen molar-refractivity contribution in [3.63, 3.8) is 0 Å². The van der Waals surface area contributed by atoms with Crippen LogP contribution in [0.5, 0.6) is 0 Å². The smallest absolute Gasteiger partial charge is 0.323 e. The zero-order valence-electron chi connectivity index (χ0n) is 18.5. The van der Waals surface area contributed by atoms with E-state index in [-0.39, 0.29) is 16.6 Å². The summed E-state index contributed by atoms with van der Waals surface area (Å²) in [6, 6.07) is 16.8. The van der Waals surface area contributed by atoms with Gasteiger partial charge in [0.1, 0.15) is 5.82 Å². The topological polar surface area (TPSA) is 118 Å². The molecule has 9 nitrogen and oxygen atoms in total. The summed E-state index contributed by atoms with van der Waals surface area (Å²) in [5.41, 5.74) is 2.16. The molecule has 1 fully saturated rings. The Kier molecular flexibility index (Phi) is 5.77. The maximum Gasteiger partial charge on any atom is 0.323 e. The van der Waals surface area contributed by atoms with E-state index in [1.54, 1.807) is 29.2 Å². The second-order valence-electron chi connectivity index (χ2n) is 8.23. The van der Waals surface area contributed by atoms with Crippen molar-refractivity contribution in [1.29, 1.82) is 0 Å². The van der Waals surface area contributed by atoms with E-state index in [0.717, 1.165) is 5.69 Å². The molecule has 0 spiro atoms. The summed E-state index contributed by atoms with van der Waals surface area (Å²) >= 11 is 0. The fourth-order valence-electron chi connectivity index (χ4n) is 4.08.